The zero-order valence-corrected chi connectivity index (χ0v) is 19.6. The standard InChI is InChI=1S/C23H26ClFN2O5S/c24-20-9-19(21(25)10-22(20)32-13-15-3-1-2-4-15)23(28)27-33(29,30)18-7-5-17(6-8-18)31-14-16-11-26-12-16/h5-10,15-16,26H,1-4,11-14H2,(H,27,28). The summed E-state index contributed by atoms with van der Waals surface area (Å²) in [5, 5.41) is 3.19. The molecule has 2 aromatic carbocycles. The fourth-order valence-electron chi connectivity index (χ4n) is 3.83. The van der Waals surface area contributed by atoms with Crippen molar-refractivity contribution >= 4 is 27.5 Å². The van der Waals surface area contributed by atoms with Gasteiger partial charge in [0.05, 0.1) is 28.7 Å². The fraction of sp³-hybridized carbons (Fsp3) is 0.435. The van der Waals surface area contributed by atoms with Gasteiger partial charge in [-0.25, -0.2) is 17.5 Å². The third-order valence-corrected chi connectivity index (χ3v) is 7.57. The maximum Gasteiger partial charge on any atom is 0.268 e. The van der Waals surface area contributed by atoms with Crippen molar-refractivity contribution in [3.05, 3.63) is 52.8 Å². The number of ether oxygens (including phenoxy) is 2. The Kier molecular flexibility index (Phi) is 7.41. The van der Waals surface area contributed by atoms with Crippen LogP contribution in [0.1, 0.15) is 36.0 Å². The Bertz CT molecular complexity index is 1100. The van der Waals surface area contributed by atoms with Gasteiger partial charge in [0.25, 0.3) is 15.9 Å². The number of carbonyl (C=O) groups is 1. The number of amides is 1. The smallest absolute Gasteiger partial charge is 0.268 e. The van der Waals surface area contributed by atoms with E-state index >= 15 is 0 Å². The molecule has 0 spiro atoms. The van der Waals surface area contributed by atoms with Gasteiger partial charge in [-0.15, -0.1) is 0 Å². The van der Waals surface area contributed by atoms with Crippen molar-refractivity contribution in [1.29, 1.82) is 0 Å². The van der Waals surface area contributed by atoms with Crippen LogP contribution in [0.25, 0.3) is 0 Å². The number of halogens is 2. The molecule has 2 fully saturated rings. The predicted octanol–water partition coefficient (Wildman–Crippen LogP) is 3.77. The van der Waals surface area contributed by atoms with E-state index < -0.39 is 27.3 Å². The van der Waals surface area contributed by atoms with Gasteiger partial charge in [-0.3, -0.25) is 4.79 Å². The lowest BCUT2D eigenvalue weighted by molar-refractivity contribution is 0.0977. The molecule has 2 aliphatic rings. The summed E-state index contributed by atoms with van der Waals surface area (Å²) in [7, 11) is -4.22. The molecule has 2 aromatic rings. The lowest BCUT2D eigenvalue weighted by atomic mass is 10.1. The lowest BCUT2D eigenvalue weighted by Crippen LogP contribution is -2.45. The van der Waals surface area contributed by atoms with Gasteiger partial charge in [0, 0.05) is 25.1 Å². The molecule has 1 saturated heterocycles. The topological polar surface area (TPSA) is 93.7 Å². The van der Waals surface area contributed by atoms with Crippen molar-refractivity contribution in [3.63, 3.8) is 0 Å². The van der Waals surface area contributed by atoms with Gasteiger partial charge in [-0.2, -0.15) is 0 Å². The van der Waals surface area contributed by atoms with Gasteiger partial charge >= 0.3 is 0 Å². The fourth-order valence-corrected chi connectivity index (χ4v) is 5.01. The molecule has 0 unspecified atom stereocenters. The van der Waals surface area contributed by atoms with Gasteiger partial charge < -0.3 is 14.8 Å². The summed E-state index contributed by atoms with van der Waals surface area (Å²) in [6.45, 7) is 2.76. The van der Waals surface area contributed by atoms with E-state index in [0.717, 1.165) is 50.9 Å². The molecule has 33 heavy (non-hydrogen) atoms. The van der Waals surface area contributed by atoms with Gasteiger partial charge in [-0.1, -0.05) is 24.4 Å². The van der Waals surface area contributed by atoms with Crippen LogP contribution in [0.15, 0.2) is 41.3 Å². The molecule has 1 aliphatic carbocycles. The predicted molar refractivity (Wildman–Crippen MR) is 122 cm³/mol. The molecule has 1 aliphatic heterocycles. The van der Waals surface area contributed by atoms with Crippen LogP contribution in [0, 0.1) is 17.7 Å². The summed E-state index contributed by atoms with van der Waals surface area (Å²) in [4.78, 5) is 12.4. The number of rotatable bonds is 9. The molecule has 4 rings (SSSR count). The first-order valence-corrected chi connectivity index (χ1v) is 12.8. The lowest BCUT2D eigenvalue weighted by Gasteiger charge is -2.26. The molecule has 10 heteroatoms. The van der Waals surface area contributed by atoms with Gasteiger partial charge in [0.15, 0.2) is 0 Å². The minimum absolute atomic E-state index is 0.0418. The number of nitrogens with one attached hydrogen (secondary N) is 2. The van der Waals surface area contributed by atoms with Crippen LogP contribution >= 0.6 is 11.6 Å². The molecule has 0 radical (unpaired) electrons. The normalized spacial score (nSPS) is 16.9. The van der Waals surface area contributed by atoms with Gasteiger partial charge in [0.1, 0.15) is 17.3 Å². The van der Waals surface area contributed by atoms with Crippen LogP contribution in [0.4, 0.5) is 4.39 Å². The SMILES string of the molecule is O=C(NS(=O)(=O)c1ccc(OCC2CNC2)cc1)c1cc(Cl)c(OCC2CCCC2)cc1F. The van der Waals surface area contributed by atoms with Crippen molar-refractivity contribution in [3.8, 4) is 11.5 Å². The molecule has 1 heterocycles. The maximum atomic E-state index is 14.6. The van der Waals surface area contributed by atoms with Crippen molar-refractivity contribution in [2.24, 2.45) is 11.8 Å². The zero-order chi connectivity index (χ0) is 23.4. The third kappa shape index (κ3) is 5.96. The first kappa shape index (κ1) is 23.8. The Balaban J connectivity index is 1.39. The van der Waals surface area contributed by atoms with Crippen LogP contribution in [-0.4, -0.2) is 40.6 Å². The second-order valence-corrected chi connectivity index (χ2v) is 10.6. The average molecular weight is 497 g/mol. The second-order valence-electron chi connectivity index (χ2n) is 8.47. The highest BCUT2D eigenvalue weighted by molar-refractivity contribution is 7.90. The molecular formula is C23H26ClFN2O5S. The molecule has 0 bridgehead atoms. The molecular weight excluding hydrogens is 471 g/mol. The van der Waals surface area contributed by atoms with Crippen LogP contribution in [0.2, 0.25) is 5.02 Å². The molecule has 1 saturated carbocycles. The number of benzene rings is 2. The van der Waals surface area contributed by atoms with E-state index in [1.54, 1.807) is 0 Å². The Labute approximate surface area is 197 Å². The molecule has 178 valence electrons. The van der Waals surface area contributed by atoms with Gasteiger partial charge in [-0.05, 0) is 49.1 Å². The minimum atomic E-state index is -4.22. The molecule has 2 N–H and O–H groups in total. The summed E-state index contributed by atoms with van der Waals surface area (Å²) in [6.07, 6.45) is 4.42. The highest BCUT2D eigenvalue weighted by atomic mass is 35.5. The summed E-state index contributed by atoms with van der Waals surface area (Å²) in [6, 6.07) is 7.78. The Morgan fingerprint density at radius 3 is 2.36 bits per heavy atom. The summed E-state index contributed by atoms with van der Waals surface area (Å²) in [5.74, 6) is -0.526. The van der Waals surface area contributed by atoms with Crippen LogP contribution in [0.5, 0.6) is 11.5 Å². The Morgan fingerprint density at radius 2 is 1.73 bits per heavy atom. The van der Waals surface area contributed by atoms with E-state index in [-0.39, 0.29) is 15.7 Å². The Morgan fingerprint density at radius 1 is 1.06 bits per heavy atom. The summed E-state index contributed by atoms with van der Waals surface area (Å²) < 4.78 is 52.9. The van der Waals surface area contributed by atoms with Crippen molar-refractivity contribution < 1.29 is 27.1 Å². The maximum absolute atomic E-state index is 14.6. The monoisotopic (exact) mass is 496 g/mol. The van der Waals surface area contributed by atoms with E-state index in [1.807, 2.05) is 4.72 Å². The number of hydrogen-bond donors (Lipinski definition) is 2. The summed E-state index contributed by atoms with van der Waals surface area (Å²) in [5.41, 5.74) is -0.481. The number of carbonyl (C=O) groups excluding carboxylic acids is 1. The Hall–Kier alpha value is -2.36. The zero-order valence-electron chi connectivity index (χ0n) is 18.0. The molecule has 0 aromatic heterocycles. The average Bonchev–Trinajstić information content (AvgIpc) is 3.26. The van der Waals surface area contributed by atoms with Crippen LogP contribution in [-0.2, 0) is 10.0 Å². The van der Waals surface area contributed by atoms with Crippen LogP contribution in [0.3, 0.4) is 0 Å². The van der Waals surface area contributed by atoms with E-state index in [4.69, 9.17) is 21.1 Å². The minimum Gasteiger partial charge on any atom is -0.493 e. The van der Waals surface area contributed by atoms with E-state index in [2.05, 4.69) is 5.32 Å². The molecule has 7 nitrogen and oxygen atoms in total. The highest BCUT2D eigenvalue weighted by Gasteiger charge is 2.24. The first-order chi connectivity index (χ1) is 15.8. The number of hydrogen-bond acceptors (Lipinski definition) is 6. The van der Waals surface area contributed by atoms with Crippen molar-refractivity contribution in [2.75, 3.05) is 26.3 Å². The van der Waals surface area contributed by atoms with E-state index in [1.165, 1.54) is 24.3 Å². The summed E-state index contributed by atoms with van der Waals surface area (Å²) >= 11 is 6.16. The molecule has 0 atom stereocenters. The third-order valence-electron chi connectivity index (χ3n) is 5.93. The quantitative estimate of drug-likeness (QED) is 0.549. The van der Waals surface area contributed by atoms with Gasteiger partial charge in [0.2, 0.25) is 0 Å². The molecule has 1 amide bonds. The van der Waals surface area contributed by atoms with E-state index in [0.29, 0.717) is 30.8 Å². The van der Waals surface area contributed by atoms with Crippen molar-refractivity contribution in [1.82, 2.24) is 10.0 Å². The largest absolute Gasteiger partial charge is 0.493 e. The van der Waals surface area contributed by atoms with Crippen molar-refractivity contribution in [2.45, 2.75) is 30.6 Å². The van der Waals surface area contributed by atoms with E-state index in [9.17, 15) is 17.6 Å². The van der Waals surface area contributed by atoms with Crippen LogP contribution < -0.4 is 19.5 Å². The second kappa shape index (κ2) is 10.3. The first-order valence-electron chi connectivity index (χ1n) is 10.9. The number of sulfonamides is 1. The highest BCUT2D eigenvalue weighted by Crippen LogP contribution is 2.31.